The summed E-state index contributed by atoms with van der Waals surface area (Å²) in [4.78, 5) is 4.63. The van der Waals surface area contributed by atoms with E-state index in [1.807, 2.05) is 13.8 Å². The SMILES string of the molecule is CC1(C)OC2CCc3cc4c(c(c32)-n2cc(cn2)S(=O)(=O)c2cnc1s2)CCC4. The van der Waals surface area contributed by atoms with Gasteiger partial charge in [-0.3, -0.25) is 0 Å². The molecule has 4 bridgehead atoms. The van der Waals surface area contributed by atoms with E-state index >= 15 is 0 Å². The molecular formula is C21H21N3O3S2. The number of hydrogen-bond acceptors (Lipinski definition) is 6. The largest absolute Gasteiger partial charge is 0.360 e. The zero-order valence-electron chi connectivity index (χ0n) is 16.3. The Morgan fingerprint density at radius 1 is 1.21 bits per heavy atom. The van der Waals surface area contributed by atoms with Gasteiger partial charge < -0.3 is 4.74 Å². The van der Waals surface area contributed by atoms with Crippen LogP contribution < -0.4 is 0 Å². The van der Waals surface area contributed by atoms with Crippen molar-refractivity contribution in [3.05, 3.63) is 51.9 Å². The maximum absolute atomic E-state index is 13.2. The molecular weight excluding hydrogens is 406 g/mol. The smallest absolute Gasteiger partial charge is 0.220 e. The second-order valence-corrected chi connectivity index (χ2v) is 11.8. The van der Waals surface area contributed by atoms with Crippen molar-refractivity contribution in [2.45, 2.75) is 66.8 Å². The Morgan fingerprint density at radius 3 is 2.93 bits per heavy atom. The van der Waals surface area contributed by atoms with Gasteiger partial charge in [0.05, 0.1) is 24.2 Å². The fourth-order valence-corrected chi connectivity index (χ4v) is 7.44. The van der Waals surface area contributed by atoms with Crippen LogP contribution in [0.15, 0.2) is 33.8 Å². The molecule has 3 heterocycles. The second-order valence-electron chi connectivity index (χ2n) is 8.55. The molecule has 0 saturated heterocycles. The highest BCUT2D eigenvalue weighted by Gasteiger charge is 2.38. The summed E-state index contributed by atoms with van der Waals surface area (Å²) in [6.07, 6.45) is 9.56. The molecule has 8 heteroatoms. The fourth-order valence-electron chi connectivity index (χ4n) is 4.93. The van der Waals surface area contributed by atoms with Gasteiger partial charge in [-0.1, -0.05) is 6.07 Å². The molecule has 0 saturated carbocycles. The summed E-state index contributed by atoms with van der Waals surface area (Å²) in [6, 6.07) is 2.34. The van der Waals surface area contributed by atoms with Crippen molar-refractivity contribution in [2.24, 2.45) is 0 Å². The number of aromatic nitrogens is 3. The molecule has 6 rings (SSSR count). The molecule has 1 atom stereocenters. The Morgan fingerprint density at radius 2 is 2.07 bits per heavy atom. The van der Waals surface area contributed by atoms with Crippen LogP contribution in [0.3, 0.4) is 0 Å². The first-order valence-corrected chi connectivity index (χ1v) is 12.3. The number of fused-ring (bicyclic) bond motifs is 7. The van der Waals surface area contributed by atoms with Crippen molar-refractivity contribution < 1.29 is 13.2 Å². The number of nitrogens with zero attached hydrogens (tertiary/aromatic N) is 3. The van der Waals surface area contributed by atoms with Crippen molar-refractivity contribution in [2.75, 3.05) is 0 Å². The highest BCUT2D eigenvalue weighted by molar-refractivity contribution is 7.93. The Labute approximate surface area is 173 Å². The molecule has 1 aliphatic heterocycles. The first-order valence-electron chi connectivity index (χ1n) is 9.96. The van der Waals surface area contributed by atoms with E-state index in [0.29, 0.717) is 5.01 Å². The average molecular weight is 428 g/mol. The van der Waals surface area contributed by atoms with Crippen LogP contribution in [0.2, 0.25) is 0 Å². The predicted octanol–water partition coefficient (Wildman–Crippen LogP) is 3.90. The van der Waals surface area contributed by atoms with Gasteiger partial charge >= 0.3 is 0 Å². The lowest BCUT2D eigenvalue weighted by Crippen LogP contribution is -2.24. The van der Waals surface area contributed by atoms with Crippen molar-refractivity contribution in [3.8, 4) is 5.69 Å². The minimum absolute atomic E-state index is 0.0584. The van der Waals surface area contributed by atoms with Gasteiger partial charge in [-0.05, 0) is 62.6 Å². The fraction of sp³-hybridized carbons (Fsp3) is 0.429. The Hall–Kier alpha value is -2.03. The minimum Gasteiger partial charge on any atom is -0.360 e. The average Bonchev–Trinajstić information content (AvgIpc) is 3.44. The predicted molar refractivity (Wildman–Crippen MR) is 108 cm³/mol. The van der Waals surface area contributed by atoms with Crippen LogP contribution in [0.1, 0.15) is 60.1 Å². The van der Waals surface area contributed by atoms with E-state index in [0.717, 1.165) is 37.8 Å². The molecule has 29 heavy (non-hydrogen) atoms. The van der Waals surface area contributed by atoms with Crippen LogP contribution in [0.25, 0.3) is 5.69 Å². The maximum atomic E-state index is 13.2. The molecule has 3 aromatic rings. The van der Waals surface area contributed by atoms with Crippen molar-refractivity contribution in [1.29, 1.82) is 0 Å². The van der Waals surface area contributed by atoms with Gasteiger partial charge in [-0.25, -0.2) is 18.1 Å². The summed E-state index contributed by atoms with van der Waals surface area (Å²) in [5.74, 6) is 0. The molecule has 3 aliphatic rings. The standard InChI is InChI=1S/C21H21N3O3S2/c1-21(2)20-22-10-17(28-20)29(25,26)14-9-23-24(11-14)19-15-5-3-4-12(15)8-13-6-7-16(27-21)18(13)19/h8-11,16H,3-7H2,1-2H3. The first kappa shape index (κ1) is 17.8. The topological polar surface area (TPSA) is 74.1 Å². The summed E-state index contributed by atoms with van der Waals surface area (Å²) in [5.41, 5.74) is 5.49. The zero-order chi connectivity index (χ0) is 20.0. The van der Waals surface area contributed by atoms with Crippen LogP contribution >= 0.6 is 11.3 Å². The molecule has 6 nitrogen and oxygen atoms in total. The van der Waals surface area contributed by atoms with Gasteiger partial charge in [0, 0.05) is 11.8 Å². The van der Waals surface area contributed by atoms with E-state index in [4.69, 9.17) is 4.74 Å². The van der Waals surface area contributed by atoms with Crippen molar-refractivity contribution in [1.82, 2.24) is 14.8 Å². The van der Waals surface area contributed by atoms with E-state index in [1.54, 1.807) is 10.9 Å². The zero-order valence-corrected chi connectivity index (χ0v) is 17.9. The number of rotatable bonds is 0. The van der Waals surface area contributed by atoms with Crippen LogP contribution in [0, 0.1) is 0 Å². The molecule has 150 valence electrons. The number of thiazole rings is 1. The van der Waals surface area contributed by atoms with Crippen LogP contribution in [-0.2, 0) is 39.4 Å². The Balaban J connectivity index is 1.68. The molecule has 2 aromatic heterocycles. The van der Waals surface area contributed by atoms with Gasteiger partial charge in [0.15, 0.2) is 0 Å². The van der Waals surface area contributed by atoms with E-state index < -0.39 is 15.4 Å². The number of ether oxygens (including phenoxy) is 1. The molecule has 0 N–H and O–H groups in total. The summed E-state index contributed by atoms with van der Waals surface area (Å²) in [7, 11) is -3.66. The summed E-state index contributed by atoms with van der Waals surface area (Å²) >= 11 is 1.18. The molecule has 0 radical (unpaired) electrons. The Kier molecular flexibility index (Phi) is 3.54. The van der Waals surface area contributed by atoms with E-state index in [1.165, 1.54) is 46.0 Å². The Bertz CT molecular complexity index is 1270. The number of aryl methyl sites for hydroxylation is 2. The van der Waals surface area contributed by atoms with Gasteiger partial charge in [0.25, 0.3) is 0 Å². The monoisotopic (exact) mass is 427 g/mol. The number of sulfone groups is 1. The molecule has 0 spiro atoms. The molecule has 2 aliphatic carbocycles. The number of benzene rings is 1. The van der Waals surface area contributed by atoms with Crippen LogP contribution in [-0.4, -0.2) is 23.2 Å². The lowest BCUT2D eigenvalue weighted by atomic mass is 9.97. The van der Waals surface area contributed by atoms with Crippen molar-refractivity contribution in [3.63, 3.8) is 0 Å². The van der Waals surface area contributed by atoms with Crippen LogP contribution in [0.5, 0.6) is 0 Å². The van der Waals surface area contributed by atoms with Gasteiger partial charge in [-0.15, -0.1) is 11.3 Å². The normalized spacial score (nSPS) is 23.2. The third-order valence-electron chi connectivity index (χ3n) is 6.29. The number of hydrogen-bond donors (Lipinski definition) is 0. The molecule has 1 aromatic carbocycles. The minimum atomic E-state index is -3.66. The van der Waals surface area contributed by atoms with Gasteiger partial charge in [-0.2, -0.15) is 5.10 Å². The quantitative estimate of drug-likeness (QED) is 0.544. The van der Waals surface area contributed by atoms with E-state index in [-0.39, 0.29) is 15.2 Å². The highest BCUT2D eigenvalue weighted by Crippen LogP contribution is 2.47. The van der Waals surface area contributed by atoms with E-state index in [2.05, 4.69) is 16.1 Å². The van der Waals surface area contributed by atoms with Crippen LogP contribution in [0.4, 0.5) is 0 Å². The molecule has 0 fully saturated rings. The third-order valence-corrected chi connectivity index (χ3v) is 9.77. The van der Waals surface area contributed by atoms with Gasteiger partial charge in [0.1, 0.15) is 19.7 Å². The third kappa shape index (κ3) is 2.45. The molecule has 1 unspecified atom stereocenters. The lowest BCUT2D eigenvalue weighted by Gasteiger charge is -2.29. The van der Waals surface area contributed by atoms with Crippen molar-refractivity contribution >= 4 is 21.2 Å². The second kappa shape index (κ2) is 5.77. The highest BCUT2D eigenvalue weighted by atomic mass is 32.2. The summed E-state index contributed by atoms with van der Waals surface area (Å²) in [5, 5.41) is 5.19. The maximum Gasteiger partial charge on any atom is 0.220 e. The molecule has 0 amide bonds. The summed E-state index contributed by atoms with van der Waals surface area (Å²) in [6.45, 7) is 3.95. The lowest BCUT2D eigenvalue weighted by molar-refractivity contribution is -0.0774. The van der Waals surface area contributed by atoms with E-state index in [9.17, 15) is 8.42 Å². The summed E-state index contributed by atoms with van der Waals surface area (Å²) < 4.78 is 35.0. The first-order chi connectivity index (χ1) is 13.8. The van der Waals surface area contributed by atoms with Gasteiger partial charge in [0.2, 0.25) is 9.84 Å².